The third kappa shape index (κ3) is 21.1. The van der Waals surface area contributed by atoms with E-state index < -0.39 is 0 Å². The minimum atomic E-state index is 0.990. The van der Waals surface area contributed by atoms with Crippen LogP contribution in [0.4, 0.5) is 0 Å². The summed E-state index contributed by atoms with van der Waals surface area (Å²) in [5.74, 6) is 1.21. The molecule has 0 saturated heterocycles. The number of aliphatic imine (C=N–C) groups is 1. The number of nitrogens with zero attached hydrogens (tertiary/aromatic N) is 2. The second kappa shape index (κ2) is 26.5. The Labute approximate surface area is 203 Å². The Morgan fingerprint density at radius 3 is 1.38 bits per heavy atom. The first-order valence-corrected chi connectivity index (χ1v) is 14.8. The quantitative estimate of drug-likeness (QED) is 0.0899. The van der Waals surface area contributed by atoms with Crippen LogP contribution in [-0.4, -0.2) is 37.0 Å². The zero-order chi connectivity index (χ0) is 23.5. The molecule has 0 rings (SSSR count). The van der Waals surface area contributed by atoms with Gasteiger partial charge in [-0.1, -0.05) is 130 Å². The summed E-state index contributed by atoms with van der Waals surface area (Å²) in [6.07, 6.45) is 26.8. The Bertz CT molecular complexity index is 367. The van der Waals surface area contributed by atoms with Crippen molar-refractivity contribution in [3.05, 3.63) is 0 Å². The molecule has 0 spiro atoms. The molecule has 0 aromatic rings. The second-order valence-corrected chi connectivity index (χ2v) is 9.78. The summed E-state index contributed by atoms with van der Waals surface area (Å²) < 4.78 is 0. The maximum absolute atomic E-state index is 5.12. The van der Waals surface area contributed by atoms with Crippen molar-refractivity contribution < 1.29 is 0 Å². The van der Waals surface area contributed by atoms with Crippen molar-refractivity contribution in [2.75, 3.05) is 26.2 Å². The summed E-state index contributed by atoms with van der Waals surface area (Å²) in [6.45, 7) is 13.6. The third-order valence-electron chi connectivity index (χ3n) is 6.45. The van der Waals surface area contributed by atoms with Gasteiger partial charge in [0.05, 0.1) is 0 Å². The summed E-state index contributed by atoms with van der Waals surface area (Å²) in [4.78, 5) is 7.72. The lowest BCUT2D eigenvalue weighted by molar-refractivity contribution is 0.371. The van der Waals surface area contributed by atoms with E-state index in [1.165, 1.54) is 147 Å². The summed E-state index contributed by atoms with van der Waals surface area (Å²) in [5.41, 5.74) is 0. The topological polar surface area (TPSA) is 27.6 Å². The number of hydrogen-bond donors (Lipinski definition) is 1. The van der Waals surface area contributed by atoms with E-state index in [0.717, 1.165) is 13.1 Å². The van der Waals surface area contributed by atoms with Crippen LogP contribution >= 0.6 is 0 Å². The molecule has 0 unspecified atom stereocenters. The van der Waals surface area contributed by atoms with E-state index in [2.05, 4.69) is 37.9 Å². The first-order valence-electron chi connectivity index (χ1n) is 14.8. The first kappa shape index (κ1) is 31.3. The first-order chi connectivity index (χ1) is 15.8. The van der Waals surface area contributed by atoms with Gasteiger partial charge in [-0.3, -0.25) is 4.99 Å². The highest BCUT2D eigenvalue weighted by atomic mass is 15.3. The molecular formula is C29H61N3. The van der Waals surface area contributed by atoms with Gasteiger partial charge in [-0.15, -0.1) is 0 Å². The monoisotopic (exact) mass is 451 g/mol. The molecule has 0 aliphatic carbocycles. The van der Waals surface area contributed by atoms with Crippen LogP contribution in [0.15, 0.2) is 4.99 Å². The Balaban J connectivity index is 4.76. The summed E-state index contributed by atoms with van der Waals surface area (Å²) in [5, 5.41) is 3.78. The van der Waals surface area contributed by atoms with Gasteiger partial charge in [-0.2, -0.15) is 0 Å². The molecule has 0 aromatic carbocycles. The molecular weight excluding hydrogens is 390 g/mol. The second-order valence-electron chi connectivity index (χ2n) is 9.78. The molecule has 0 atom stereocenters. The third-order valence-corrected chi connectivity index (χ3v) is 6.45. The van der Waals surface area contributed by atoms with E-state index in [9.17, 15) is 0 Å². The number of unbranched alkanes of at least 4 members (excludes halogenated alkanes) is 16. The van der Waals surface area contributed by atoms with Gasteiger partial charge in [0, 0.05) is 26.2 Å². The van der Waals surface area contributed by atoms with Gasteiger partial charge in [-0.25, -0.2) is 0 Å². The maximum atomic E-state index is 5.12. The van der Waals surface area contributed by atoms with Crippen LogP contribution in [0.3, 0.4) is 0 Å². The number of hydrogen-bond acceptors (Lipinski definition) is 1. The van der Waals surface area contributed by atoms with E-state index >= 15 is 0 Å². The molecule has 3 heteroatoms. The lowest BCUT2D eigenvalue weighted by atomic mass is 10.1. The van der Waals surface area contributed by atoms with Gasteiger partial charge in [0.1, 0.15) is 0 Å². The van der Waals surface area contributed by atoms with Crippen molar-refractivity contribution >= 4 is 5.96 Å². The fraction of sp³-hybridized carbons (Fsp3) is 0.966. The predicted octanol–water partition coefficient (Wildman–Crippen LogP) is 9.12. The van der Waals surface area contributed by atoms with Crippen LogP contribution < -0.4 is 5.32 Å². The van der Waals surface area contributed by atoms with Gasteiger partial charge in [0.15, 0.2) is 5.96 Å². The van der Waals surface area contributed by atoms with Crippen LogP contribution in [0.2, 0.25) is 0 Å². The van der Waals surface area contributed by atoms with Gasteiger partial charge in [-0.05, 0) is 25.7 Å². The average Bonchev–Trinajstić information content (AvgIpc) is 2.80. The fourth-order valence-electron chi connectivity index (χ4n) is 4.23. The largest absolute Gasteiger partial charge is 0.356 e. The standard InChI is InChI=1S/C29H61N3/c1-5-9-13-17-21-25-30-29(31-26-22-18-14-10-6-2)32(27-23-19-15-11-7-3)28-24-20-16-12-8-4/h5-28H2,1-4H3,(H,30,31). The Morgan fingerprint density at radius 2 is 0.906 bits per heavy atom. The highest BCUT2D eigenvalue weighted by Crippen LogP contribution is 2.09. The predicted molar refractivity (Wildman–Crippen MR) is 147 cm³/mol. The molecule has 192 valence electrons. The number of nitrogens with one attached hydrogen (secondary N) is 1. The average molecular weight is 452 g/mol. The molecule has 0 aliphatic heterocycles. The lowest BCUT2D eigenvalue weighted by Gasteiger charge is -2.27. The molecule has 0 saturated carbocycles. The molecule has 0 bridgehead atoms. The minimum absolute atomic E-state index is 0.990. The van der Waals surface area contributed by atoms with Gasteiger partial charge in [0.2, 0.25) is 0 Å². The highest BCUT2D eigenvalue weighted by molar-refractivity contribution is 5.80. The molecule has 0 radical (unpaired) electrons. The summed E-state index contributed by atoms with van der Waals surface area (Å²) in [6, 6.07) is 0. The summed E-state index contributed by atoms with van der Waals surface area (Å²) >= 11 is 0. The van der Waals surface area contributed by atoms with Gasteiger partial charge >= 0.3 is 0 Å². The van der Waals surface area contributed by atoms with Crippen LogP contribution in [0.5, 0.6) is 0 Å². The van der Waals surface area contributed by atoms with E-state index in [0.29, 0.717) is 0 Å². The van der Waals surface area contributed by atoms with E-state index in [1.54, 1.807) is 0 Å². The molecule has 0 fully saturated rings. The SMILES string of the molecule is CCCCCCCN=C(NCCCCCCC)N(CCCCCCC)CCCCCCC. The molecule has 1 N–H and O–H groups in total. The zero-order valence-corrected chi connectivity index (χ0v) is 22.9. The minimum Gasteiger partial charge on any atom is -0.356 e. The van der Waals surface area contributed by atoms with E-state index in [4.69, 9.17) is 4.99 Å². The van der Waals surface area contributed by atoms with E-state index in [-0.39, 0.29) is 0 Å². The molecule has 32 heavy (non-hydrogen) atoms. The van der Waals surface area contributed by atoms with Gasteiger partial charge < -0.3 is 10.2 Å². The van der Waals surface area contributed by atoms with Crippen molar-refractivity contribution in [3.63, 3.8) is 0 Å². The smallest absolute Gasteiger partial charge is 0.193 e. The summed E-state index contributed by atoms with van der Waals surface area (Å²) in [7, 11) is 0. The normalized spacial score (nSPS) is 11.8. The van der Waals surface area contributed by atoms with Crippen LogP contribution in [0.1, 0.15) is 156 Å². The van der Waals surface area contributed by atoms with Crippen LogP contribution in [-0.2, 0) is 0 Å². The highest BCUT2D eigenvalue weighted by Gasteiger charge is 2.11. The fourth-order valence-corrected chi connectivity index (χ4v) is 4.23. The van der Waals surface area contributed by atoms with Crippen molar-refractivity contribution in [1.82, 2.24) is 10.2 Å². The van der Waals surface area contributed by atoms with Crippen molar-refractivity contribution in [1.29, 1.82) is 0 Å². The molecule has 0 aromatic heterocycles. The molecule has 0 heterocycles. The molecule has 3 nitrogen and oxygen atoms in total. The van der Waals surface area contributed by atoms with Gasteiger partial charge in [0.25, 0.3) is 0 Å². The Hall–Kier alpha value is -0.730. The van der Waals surface area contributed by atoms with Crippen LogP contribution in [0, 0.1) is 0 Å². The van der Waals surface area contributed by atoms with Crippen molar-refractivity contribution in [2.24, 2.45) is 4.99 Å². The Morgan fingerprint density at radius 1 is 0.500 bits per heavy atom. The van der Waals surface area contributed by atoms with Crippen LogP contribution in [0.25, 0.3) is 0 Å². The number of guanidine groups is 1. The maximum Gasteiger partial charge on any atom is 0.193 e. The molecule has 0 aliphatic rings. The number of rotatable bonds is 24. The van der Waals surface area contributed by atoms with Crippen molar-refractivity contribution in [2.45, 2.75) is 156 Å². The van der Waals surface area contributed by atoms with Crippen molar-refractivity contribution in [3.8, 4) is 0 Å². The lowest BCUT2D eigenvalue weighted by Crippen LogP contribution is -2.43. The molecule has 0 amide bonds. The Kier molecular flexibility index (Phi) is 25.9. The zero-order valence-electron chi connectivity index (χ0n) is 22.9. The van der Waals surface area contributed by atoms with E-state index in [1.807, 2.05) is 0 Å².